The van der Waals surface area contributed by atoms with E-state index in [1.54, 1.807) is 6.07 Å². The molecule has 1 fully saturated rings. The standard InChI is InChI=1S/C12H17N3O2/c1-2-14(8-9-3-4-9)12-6-5-10(15(16)17)7-11(12)13/h5-7,9H,2-4,8,13H2,1H3. The van der Waals surface area contributed by atoms with Gasteiger partial charge in [0.1, 0.15) is 0 Å². The molecule has 5 nitrogen and oxygen atoms in total. The molecule has 1 aliphatic carbocycles. The van der Waals surface area contributed by atoms with Crippen LogP contribution in [0.1, 0.15) is 19.8 Å². The lowest BCUT2D eigenvalue weighted by Crippen LogP contribution is -2.26. The summed E-state index contributed by atoms with van der Waals surface area (Å²) >= 11 is 0. The number of anilines is 2. The number of hydrogen-bond acceptors (Lipinski definition) is 4. The van der Waals surface area contributed by atoms with Gasteiger partial charge in [-0.1, -0.05) is 0 Å². The molecule has 2 N–H and O–H groups in total. The van der Waals surface area contributed by atoms with E-state index in [1.165, 1.54) is 25.0 Å². The Morgan fingerprint density at radius 3 is 2.71 bits per heavy atom. The van der Waals surface area contributed by atoms with Crippen LogP contribution in [0, 0.1) is 16.0 Å². The molecule has 0 amide bonds. The van der Waals surface area contributed by atoms with E-state index >= 15 is 0 Å². The van der Waals surface area contributed by atoms with Gasteiger partial charge in [-0.3, -0.25) is 10.1 Å². The maximum Gasteiger partial charge on any atom is 0.271 e. The van der Waals surface area contributed by atoms with E-state index in [0.29, 0.717) is 5.69 Å². The number of nitrogens with zero attached hydrogens (tertiary/aromatic N) is 2. The van der Waals surface area contributed by atoms with Crippen molar-refractivity contribution in [3.8, 4) is 0 Å². The average Bonchev–Trinajstić information content (AvgIpc) is 3.10. The fourth-order valence-corrected chi connectivity index (χ4v) is 1.95. The van der Waals surface area contributed by atoms with Gasteiger partial charge in [-0.15, -0.1) is 0 Å². The van der Waals surface area contributed by atoms with Crippen molar-refractivity contribution < 1.29 is 4.92 Å². The number of benzene rings is 1. The Hall–Kier alpha value is -1.78. The second-order valence-electron chi connectivity index (χ2n) is 4.48. The first-order chi connectivity index (χ1) is 8.11. The van der Waals surface area contributed by atoms with Crippen molar-refractivity contribution in [3.05, 3.63) is 28.3 Å². The molecule has 1 aliphatic rings. The maximum absolute atomic E-state index is 10.6. The quantitative estimate of drug-likeness (QED) is 0.483. The summed E-state index contributed by atoms with van der Waals surface area (Å²) in [7, 11) is 0. The molecule has 0 bridgehead atoms. The highest BCUT2D eigenvalue weighted by Crippen LogP contribution is 2.34. The molecule has 92 valence electrons. The van der Waals surface area contributed by atoms with Crippen molar-refractivity contribution in [3.63, 3.8) is 0 Å². The van der Waals surface area contributed by atoms with Crippen LogP contribution in [0.4, 0.5) is 17.1 Å². The maximum atomic E-state index is 10.6. The van der Waals surface area contributed by atoms with E-state index in [4.69, 9.17) is 5.73 Å². The van der Waals surface area contributed by atoms with Crippen molar-refractivity contribution >= 4 is 17.1 Å². The monoisotopic (exact) mass is 235 g/mol. The summed E-state index contributed by atoms with van der Waals surface area (Å²) in [6, 6.07) is 4.70. The Labute approximate surface area is 100 Å². The topological polar surface area (TPSA) is 72.4 Å². The molecule has 0 spiro atoms. The van der Waals surface area contributed by atoms with E-state index in [2.05, 4.69) is 11.8 Å². The van der Waals surface area contributed by atoms with Crippen LogP contribution in [-0.4, -0.2) is 18.0 Å². The van der Waals surface area contributed by atoms with E-state index < -0.39 is 4.92 Å². The van der Waals surface area contributed by atoms with Crippen molar-refractivity contribution in [2.24, 2.45) is 5.92 Å². The lowest BCUT2D eigenvalue weighted by molar-refractivity contribution is -0.384. The van der Waals surface area contributed by atoms with Crippen LogP contribution >= 0.6 is 0 Å². The zero-order chi connectivity index (χ0) is 12.4. The molecular weight excluding hydrogens is 218 g/mol. The van der Waals surface area contributed by atoms with Crippen molar-refractivity contribution in [2.45, 2.75) is 19.8 Å². The number of rotatable bonds is 5. The Morgan fingerprint density at radius 1 is 1.53 bits per heavy atom. The fraction of sp³-hybridized carbons (Fsp3) is 0.500. The first kappa shape index (κ1) is 11.7. The highest BCUT2D eigenvalue weighted by molar-refractivity contribution is 5.70. The van der Waals surface area contributed by atoms with Crippen LogP contribution in [-0.2, 0) is 0 Å². The van der Waals surface area contributed by atoms with Crippen molar-refractivity contribution in [1.82, 2.24) is 0 Å². The molecule has 0 heterocycles. The lowest BCUT2D eigenvalue weighted by Gasteiger charge is -2.24. The Bertz CT molecular complexity index is 430. The summed E-state index contributed by atoms with van der Waals surface area (Å²) in [6.45, 7) is 3.94. The molecule has 17 heavy (non-hydrogen) atoms. The first-order valence-corrected chi connectivity index (χ1v) is 5.90. The van der Waals surface area contributed by atoms with Crippen LogP contribution < -0.4 is 10.6 Å². The average molecular weight is 235 g/mol. The summed E-state index contributed by atoms with van der Waals surface area (Å²) in [5.41, 5.74) is 7.33. The molecule has 0 aliphatic heterocycles. The van der Waals surface area contributed by atoms with Crippen LogP contribution in [0.25, 0.3) is 0 Å². The smallest absolute Gasteiger partial charge is 0.271 e. The normalized spacial score (nSPS) is 14.6. The molecule has 0 atom stereocenters. The molecule has 1 aromatic rings. The van der Waals surface area contributed by atoms with Crippen LogP contribution in [0.15, 0.2) is 18.2 Å². The predicted octanol–water partition coefficient (Wildman–Crippen LogP) is 2.41. The van der Waals surface area contributed by atoms with Gasteiger partial charge in [-0.2, -0.15) is 0 Å². The van der Waals surface area contributed by atoms with Crippen LogP contribution in [0.3, 0.4) is 0 Å². The summed E-state index contributed by atoms with van der Waals surface area (Å²) in [4.78, 5) is 12.4. The van der Waals surface area contributed by atoms with Gasteiger partial charge in [0.2, 0.25) is 0 Å². The zero-order valence-electron chi connectivity index (χ0n) is 9.93. The van der Waals surface area contributed by atoms with E-state index in [0.717, 1.165) is 24.7 Å². The molecule has 1 aromatic carbocycles. The van der Waals surface area contributed by atoms with E-state index in [9.17, 15) is 10.1 Å². The number of nitrogens with two attached hydrogens (primary N) is 1. The number of hydrogen-bond donors (Lipinski definition) is 1. The lowest BCUT2D eigenvalue weighted by atomic mass is 10.2. The minimum atomic E-state index is -0.419. The van der Waals surface area contributed by atoms with Gasteiger partial charge < -0.3 is 10.6 Å². The molecule has 1 saturated carbocycles. The summed E-state index contributed by atoms with van der Waals surface area (Å²) in [5, 5.41) is 10.6. The third kappa shape index (κ3) is 2.67. The molecule has 0 aromatic heterocycles. The van der Waals surface area contributed by atoms with Crippen LogP contribution in [0.2, 0.25) is 0 Å². The van der Waals surface area contributed by atoms with Gasteiger partial charge >= 0.3 is 0 Å². The van der Waals surface area contributed by atoms with Crippen molar-refractivity contribution in [1.29, 1.82) is 0 Å². The fourth-order valence-electron chi connectivity index (χ4n) is 1.95. The van der Waals surface area contributed by atoms with Gasteiger partial charge in [0.05, 0.1) is 16.3 Å². The first-order valence-electron chi connectivity index (χ1n) is 5.90. The number of nitrogen functional groups attached to an aromatic ring is 1. The van der Waals surface area contributed by atoms with Gasteiger partial charge in [0.15, 0.2) is 0 Å². The third-order valence-electron chi connectivity index (χ3n) is 3.12. The highest BCUT2D eigenvalue weighted by Gasteiger charge is 2.24. The molecular formula is C12H17N3O2. The largest absolute Gasteiger partial charge is 0.397 e. The van der Waals surface area contributed by atoms with Gasteiger partial charge in [-0.25, -0.2) is 0 Å². The van der Waals surface area contributed by atoms with E-state index in [1.807, 2.05) is 0 Å². The highest BCUT2D eigenvalue weighted by atomic mass is 16.6. The second kappa shape index (κ2) is 4.61. The van der Waals surface area contributed by atoms with Gasteiger partial charge in [0.25, 0.3) is 5.69 Å². The Balaban J connectivity index is 2.20. The van der Waals surface area contributed by atoms with Gasteiger partial charge in [-0.05, 0) is 31.7 Å². The van der Waals surface area contributed by atoms with Gasteiger partial charge in [0, 0.05) is 25.2 Å². The Morgan fingerprint density at radius 2 is 2.24 bits per heavy atom. The zero-order valence-corrected chi connectivity index (χ0v) is 9.93. The van der Waals surface area contributed by atoms with Crippen molar-refractivity contribution in [2.75, 3.05) is 23.7 Å². The summed E-state index contributed by atoms with van der Waals surface area (Å²) < 4.78 is 0. The summed E-state index contributed by atoms with van der Waals surface area (Å²) in [5.74, 6) is 0.768. The molecule has 2 rings (SSSR count). The second-order valence-corrected chi connectivity index (χ2v) is 4.48. The molecule has 0 saturated heterocycles. The molecule has 0 unspecified atom stereocenters. The minimum Gasteiger partial charge on any atom is -0.397 e. The number of non-ortho nitro benzene ring substituents is 1. The molecule has 5 heteroatoms. The number of nitro groups is 1. The molecule has 0 radical (unpaired) electrons. The van der Waals surface area contributed by atoms with E-state index in [-0.39, 0.29) is 5.69 Å². The predicted molar refractivity (Wildman–Crippen MR) is 68.1 cm³/mol. The number of nitro benzene ring substituents is 1. The Kier molecular flexibility index (Phi) is 3.17. The third-order valence-corrected chi connectivity index (χ3v) is 3.12. The SMILES string of the molecule is CCN(CC1CC1)c1ccc([N+](=O)[O-])cc1N. The minimum absolute atomic E-state index is 0.0497. The summed E-state index contributed by atoms with van der Waals surface area (Å²) in [6.07, 6.45) is 2.56. The van der Waals surface area contributed by atoms with Crippen LogP contribution in [0.5, 0.6) is 0 Å².